The van der Waals surface area contributed by atoms with Crippen LogP contribution in [0.25, 0.3) is 0 Å². The molecule has 4 fully saturated rings. The molecule has 8 unspecified atom stereocenters. The maximum absolute atomic E-state index is 7.76. The van der Waals surface area contributed by atoms with E-state index < -0.39 is 4.33 Å². The van der Waals surface area contributed by atoms with E-state index in [-0.39, 0.29) is 10.8 Å². The number of alkyl halides is 2. The summed E-state index contributed by atoms with van der Waals surface area (Å²) in [6, 6.07) is 0. The van der Waals surface area contributed by atoms with Crippen LogP contribution in [-0.4, -0.2) is 4.33 Å². The molecule has 0 amide bonds. The normalized spacial score (nSPS) is 39.8. The van der Waals surface area contributed by atoms with Crippen molar-refractivity contribution in [2.75, 3.05) is 0 Å². The van der Waals surface area contributed by atoms with Crippen LogP contribution in [0.15, 0.2) is 25.3 Å². The van der Waals surface area contributed by atoms with Gasteiger partial charge in [0.2, 0.25) is 0 Å². The van der Waals surface area contributed by atoms with Gasteiger partial charge in [0.25, 0.3) is 0 Å². The summed E-state index contributed by atoms with van der Waals surface area (Å²) in [7, 11) is 0. The van der Waals surface area contributed by atoms with E-state index in [2.05, 4.69) is 39.2 Å². The van der Waals surface area contributed by atoms with Gasteiger partial charge in [-0.15, -0.1) is 36.4 Å². The maximum atomic E-state index is 7.76. The van der Waals surface area contributed by atoms with Crippen molar-refractivity contribution in [3.05, 3.63) is 25.3 Å². The fourth-order valence-electron chi connectivity index (χ4n) is 10.6. The molecule has 0 spiro atoms. The lowest BCUT2D eigenvalue weighted by Crippen LogP contribution is -2.50. The Kier molecular flexibility index (Phi) is 12.5. The molecule has 8 atom stereocenters. The lowest BCUT2D eigenvalue weighted by atomic mass is 9.62. The predicted octanol–water partition coefficient (Wildman–Crippen LogP) is 13.3. The van der Waals surface area contributed by atoms with Gasteiger partial charge in [-0.3, -0.25) is 0 Å². The Labute approximate surface area is 259 Å². The SMILES string of the molecule is C=CCCCC1CCCC1C1CCCCC(C)(C(Cl)(Cl)C2(C)CCCC(C3CCCC3CCCC=C)CC2)CC1. The van der Waals surface area contributed by atoms with Crippen LogP contribution in [0.4, 0.5) is 0 Å². The molecule has 0 radical (unpaired) electrons. The summed E-state index contributed by atoms with van der Waals surface area (Å²) in [6.45, 7) is 12.9. The van der Waals surface area contributed by atoms with Gasteiger partial charge in [0, 0.05) is 10.8 Å². The molecule has 2 heteroatoms. The predicted molar refractivity (Wildman–Crippen MR) is 178 cm³/mol. The van der Waals surface area contributed by atoms with Crippen LogP contribution < -0.4 is 0 Å². The monoisotopic (exact) mass is 590 g/mol. The minimum absolute atomic E-state index is 0.0148. The number of allylic oxidation sites excluding steroid dienone is 2. The van der Waals surface area contributed by atoms with E-state index in [4.69, 9.17) is 23.2 Å². The quantitative estimate of drug-likeness (QED) is 0.0916. The highest BCUT2D eigenvalue weighted by Gasteiger charge is 2.57. The van der Waals surface area contributed by atoms with Crippen LogP contribution in [0, 0.1) is 46.3 Å². The Hall–Kier alpha value is 0.0600. The Morgan fingerprint density at radius 1 is 0.600 bits per heavy atom. The first-order chi connectivity index (χ1) is 19.2. The minimum atomic E-state index is -0.644. The van der Waals surface area contributed by atoms with Crippen LogP contribution >= 0.6 is 23.2 Å². The van der Waals surface area contributed by atoms with Crippen molar-refractivity contribution in [2.24, 2.45) is 46.3 Å². The lowest BCUT2D eigenvalue weighted by molar-refractivity contribution is 0.0719. The molecule has 40 heavy (non-hydrogen) atoms. The Bertz CT molecular complexity index is 786. The molecular formula is C38H64Cl2. The summed E-state index contributed by atoms with van der Waals surface area (Å²) in [5.74, 6) is 5.54. The molecule has 0 N–H and O–H groups in total. The van der Waals surface area contributed by atoms with E-state index in [9.17, 15) is 0 Å². The van der Waals surface area contributed by atoms with Crippen LogP contribution in [0.1, 0.15) is 162 Å². The Balaban J connectivity index is 1.40. The number of unbranched alkanes of at least 4 members (excludes halogenated alkanes) is 2. The summed E-state index contributed by atoms with van der Waals surface area (Å²) in [4.78, 5) is 0. The zero-order chi connectivity index (χ0) is 28.6. The van der Waals surface area contributed by atoms with Crippen molar-refractivity contribution >= 4 is 23.2 Å². The highest BCUT2D eigenvalue weighted by atomic mass is 35.5. The van der Waals surface area contributed by atoms with E-state index in [0.717, 1.165) is 35.5 Å². The van der Waals surface area contributed by atoms with E-state index in [0.29, 0.717) is 0 Å². The Morgan fingerprint density at radius 2 is 1.07 bits per heavy atom. The van der Waals surface area contributed by atoms with Crippen molar-refractivity contribution in [3.8, 4) is 0 Å². The summed E-state index contributed by atoms with van der Waals surface area (Å²) in [5, 5.41) is 0. The number of hydrogen-bond acceptors (Lipinski definition) is 0. The summed E-state index contributed by atoms with van der Waals surface area (Å²) >= 11 is 15.5. The van der Waals surface area contributed by atoms with Crippen molar-refractivity contribution in [2.45, 2.75) is 166 Å². The first kappa shape index (κ1) is 33.0. The standard InChI is InChI=1S/C38H64Cl2/c1-5-7-9-16-30-19-13-22-34(30)32-18-11-12-26-36(3,28-24-32)38(39,40)37(4)27-15-21-33(25-29-37)35-23-14-20-31(35)17-10-8-6-2/h5-6,30-35H,1-2,7-29H2,3-4H3. The zero-order valence-electron chi connectivity index (χ0n) is 26.6. The van der Waals surface area contributed by atoms with Gasteiger partial charge in [-0.2, -0.15) is 0 Å². The average molecular weight is 592 g/mol. The molecule has 0 saturated heterocycles. The fourth-order valence-corrected chi connectivity index (χ4v) is 11.3. The second kappa shape index (κ2) is 15.2. The largest absolute Gasteiger partial charge is 0.128 e. The van der Waals surface area contributed by atoms with E-state index in [1.165, 1.54) is 148 Å². The van der Waals surface area contributed by atoms with Gasteiger partial charge < -0.3 is 0 Å². The van der Waals surface area contributed by atoms with Gasteiger partial charge in [-0.1, -0.05) is 83.8 Å². The molecule has 0 aromatic rings. The molecule has 0 aromatic carbocycles. The summed E-state index contributed by atoms with van der Waals surface area (Å²) in [6.07, 6.45) is 35.1. The second-order valence-electron chi connectivity index (χ2n) is 15.6. The summed E-state index contributed by atoms with van der Waals surface area (Å²) in [5.41, 5.74) is 0.0344. The summed E-state index contributed by atoms with van der Waals surface area (Å²) < 4.78 is -0.644. The third-order valence-electron chi connectivity index (χ3n) is 13.1. The molecule has 0 heterocycles. The van der Waals surface area contributed by atoms with Crippen molar-refractivity contribution in [3.63, 3.8) is 0 Å². The molecule has 0 aromatic heterocycles. The van der Waals surface area contributed by atoms with Gasteiger partial charge in [-0.25, -0.2) is 0 Å². The highest BCUT2D eigenvalue weighted by molar-refractivity contribution is 6.49. The molecule has 4 rings (SSSR count). The third kappa shape index (κ3) is 7.58. The first-order valence-electron chi connectivity index (χ1n) is 17.8. The number of rotatable bonds is 12. The Morgan fingerprint density at radius 3 is 1.57 bits per heavy atom. The lowest BCUT2D eigenvalue weighted by Gasteiger charge is -2.52. The topological polar surface area (TPSA) is 0 Å². The van der Waals surface area contributed by atoms with Gasteiger partial charge >= 0.3 is 0 Å². The van der Waals surface area contributed by atoms with Crippen LogP contribution in [-0.2, 0) is 0 Å². The molecular weight excluding hydrogens is 527 g/mol. The molecule has 0 nitrogen and oxygen atoms in total. The number of halogens is 2. The second-order valence-corrected chi connectivity index (χ2v) is 16.9. The van der Waals surface area contributed by atoms with Crippen molar-refractivity contribution < 1.29 is 0 Å². The van der Waals surface area contributed by atoms with Crippen LogP contribution in [0.3, 0.4) is 0 Å². The maximum Gasteiger partial charge on any atom is 0.128 e. The molecule has 4 aliphatic carbocycles. The molecule has 230 valence electrons. The molecule has 4 saturated carbocycles. The van der Waals surface area contributed by atoms with Crippen LogP contribution in [0.2, 0.25) is 0 Å². The molecule has 0 bridgehead atoms. The first-order valence-corrected chi connectivity index (χ1v) is 18.6. The van der Waals surface area contributed by atoms with Crippen molar-refractivity contribution in [1.82, 2.24) is 0 Å². The smallest absolute Gasteiger partial charge is 0.103 e. The highest BCUT2D eigenvalue weighted by Crippen LogP contribution is 2.63. The van der Waals surface area contributed by atoms with Crippen LogP contribution in [0.5, 0.6) is 0 Å². The molecule has 0 aliphatic heterocycles. The minimum Gasteiger partial charge on any atom is -0.103 e. The van der Waals surface area contributed by atoms with Gasteiger partial charge in [0.1, 0.15) is 4.33 Å². The van der Waals surface area contributed by atoms with Gasteiger partial charge in [-0.05, 0) is 125 Å². The van der Waals surface area contributed by atoms with Gasteiger partial charge in [0.15, 0.2) is 0 Å². The fraction of sp³-hybridized carbons (Fsp3) is 0.895. The third-order valence-corrected chi connectivity index (χ3v) is 14.9. The van der Waals surface area contributed by atoms with E-state index in [1.54, 1.807) is 0 Å². The van der Waals surface area contributed by atoms with E-state index in [1.807, 2.05) is 0 Å². The number of hydrogen-bond donors (Lipinski definition) is 0. The average Bonchev–Trinajstić information content (AvgIpc) is 3.54. The van der Waals surface area contributed by atoms with E-state index >= 15 is 0 Å². The van der Waals surface area contributed by atoms with Gasteiger partial charge in [0.05, 0.1) is 0 Å². The van der Waals surface area contributed by atoms with Crippen molar-refractivity contribution in [1.29, 1.82) is 0 Å². The molecule has 4 aliphatic rings. The zero-order valence-corrected chi connectivity index (χ0v) is 28.1.